The summed E-state index contributed by atoms with van der Waals surface area (Å²) >= 11 is 0. The average molecular weight is 396 g/mol. The van der Waals surface area contributed by atoms with E-state index in [9.17, 15) is 9.59 Å². The lowest BCUT2D eigenvalue weighted by molar-refractivity contribution is -0.122. The Morgan fingerprint density at radius 2 is 1.96 bits per heavy atom. The van der Waals surface area contributed by atoms with E-state index in [1.807, 2.05) is 38.1 Å². The predicted octanol–water partition coefficient (Wildman–Crippen LogP) is 3.74. The van der Waals surface area contributed by atoms with Crippen molar-refractivity contribution >= 4 is 29.9 Å². The fourth-order valence-corrected chi connectivity index (χ4v) is 3.44. The number of nitrogens with one attached hydrogen (secondary N) is 3. The quantitative estimate of drug-likeness (QED) is 0.628. The van der Waals surface area contributed by atoms with Crippen LogP contribution in [-0.2, 0) is 16.1 Å². The van der Waals surface area contributed by atoms with Crippen molar-refractivity contribution in [2.75, 3.05) is 18.4 Å². The summed E-state index contributed by atoms with van der Waals surface area (Å²) in [6, 6.07) is 7.67. The van der Waals surface area contributed by atoms with E-state index in [0.29, 0.717) is 37.1 Å². The van der Waals surface area contributed by atoms with Crippen molar-refractivity contribution in [3.05, 3.63) is 29.8 Å². The molecular weight excluding hydrogens is 362 g/mol. The number of anilines is 1. The molecule has 1 aromatic carbocycles. The van der Waals surface area contributed by atoms with Crippen LogP contribution in [-0.4, -0.2) is 24.9 Å². The molecule has 2 unspecified atom stereocenters. The molecule has 2 amide bonds. The van der Waals surface area contributed by atoms with E-state index < -0.39 is 0 Å². The van der Waals surface area contributed by atoms with Crippen LogP contribution in [0.2, 0.25) is 0 Å². The molecule has 0 aliphatic carbocycles. The molecule has 3 N–H and O–H groups in total. The van der Waals surface area contributed by atoms with Gasteiger partial charge in [-0.2, -0.15) is 0 Å². The molecule has 6 heteroatoms. The predicted molar refractivity (Wildman–Crippen MR) is 113 cm³/mol. The van der Waals surface area contributed by atoms with Gasteiger partial charge in [0.25, 0.3) is 0 Å². The molecule has 0 aromatic heterocycles. The summed E-state index contributed by atoms with van der Waals surface area (Å²) in [5.41, 5.74) is 1.77. The van der Waals surface area contributed by atoms with Gasteiger partial charge in [0.1, 0.15) is 0 Å². The summed E-state index contributed by atoms with van der Waals surface area (Å²) in [6.45, 7) is 8.82. The van der Waals surface area contributed by atoms with Gasteiger partial charge in [-0.1, -0.05) is 32.9 Å². The zero-order chi connectivity index (χ0) is 18.9. The number of carbonyl (C=O) groups excluding carboxylic acids is 2. The van der Waals surface area contributed by atoms with Gasteiger partial charge in [0.05, 0.1) is 0 Å². The maximum absolute atomic E-state index is 12.3. The third-order valence-electron chi connectivity index (χ3n) is 4.94. The highest BCUT2D eigenvalue weighted by Crippen LogP contribution is 2.22. The van der Waals surface area contributed by atoms with Crippen LogP contribution in [0.15, 0.2) is 24.3 Å². The van der Waals surface area contributed by atoms with Gasteiger partial charge in [-0.15, -0.1) is 12.4 Å². The van der Waals surface area contributed by atoms with Crippen molar-refractivity contribution in [3.8, 4) is 0 Å². The minimum atomic E-state index is 0. The Morgan fingerprint density at radius 1 is 1.19 bits per heavy atom. The first kappa shape index (κ1) is 23.4. The molecule has 2 rings (SSSR count). The lowest BCUT2D eigenvalue weighted by Gasteiger charge is -2.28. The van der Waals surface area contributed by atoms with Crippen LogP contribution in [0.1, 0.15) is 52.0 Å². The van der Waals surface area contributed by atoms with Gasteiger partial charge in [-0.05, 0) is 61.4 Å². The topological polar surface area (TPSA) is 70.2 Å². The van der Waals surface area contributed by atoms with Crippen LogP contribution >= 0.6 is 12.4 Å². The first-order chi connectivity index (χ1) is 12.4. The molecule has 27 heavy (non-hydrogen) atoms. The summed E-state index contributed by atoms with van der Waals surface area (Å²) < 4.78 is 0. The lowest BCUT2D eigenvalue weighted by atomic mass is 9.85. The smallest absolute Gasteiger partial charge is 0.224 e. The Morgan fingerprint density at radius 3 is 2.63 bits per heavy atom. The highest BCUT2D eigenvalue weighted by atomic mass is 35.5. The molecule has 1 aromatic rings. The highest BCUT2D eigenvalue weighted by Gasteiger charge is 2.21. The average Bonchev–Trinajstić information content (AvgIpc) is 2.60. The SMILES string of the molecule is CC(C)CC(=O)Nc1cccc(CNC(=O)CC(C)C2CCCNC2)c1.Cl. The molecular formula is C21H34ClN3O2. The van der Waals surface area contributed by atoms with Crippen LogP contribution in [0.4, 0.5) is 5.69 Å². The van der Waals surface area contributed by atoms with Crippen LogP contribution in [0.3, 0.4) is 0 Å². The molecule has 0 bridgehead atoms. The molecule has 0 saturated carbocycles. The number of hydrogen-bond acceptors (Lipinski definition) is 3. The van der Waals surface area contributed by atoms with Crippen LogP contribution < -0.4 is 16.0 Å². The van der Waals surface area contributed by atoms with Gasteiger partial charge in [0, 0.05) is 25.1 Å². The van der Waals surface area contributed by atoms with Crippen LogP contribution in [0, 0.1) is 17.8 Å². The fourth-order valence-electron chi connectivity index (χ4n) is 3.44. The molecule has 0 spiro atoms. The molecule has 5 nitrogen and oxygen atoms in total. The van der Waals surface area contributed by atoms with E-state index in [4.69, 9.17) is 0 Å². The van der Waals surface area contributed by atoms with Gasteiger partial charge in [0.2, 0.25) is 11.8 Å². The van der Waals surface area contributed by atoms with E-state index in [-0.39, 0.29) is 24.2 Å². The second-order valence-corrected chi connectivity index (χ2v) is 7.91. The maximum Gasteiger partial charge on any atom is 0.224 e. The molecule has 1 aliphatic rings. The summed E-state index contributed by atoms with van der Waals surface area (Å²) in [5, 5.41) is 9.34. The molecule has 1 saturated heterocycles. The Bertz CT molecular complexity index is 601. The third kappa shape index (κ3) is 8.76. The second-order valence-electron chi connectivity index (χ2n) is 7.91. The van der Waals surface area contributed by atoms with Crippen molar-refractivity contribution < 1.29 is 9.59 Å². The van der Waals surface area contributed by atoms with Crippen molar-refractivity contribution in [1.82, 2.24) is 10.6 Å². The number of halogens is 1. The van der Waals surface area contributed by atoms with Crippen molar-refractivity contribution in [1.29, 1.82) is 0 Å². The summed E-state index contributed by atoms with van der Waals surface area (Å²) in [7, 11) is 0. The zero-order valence-corrected chi connectivity index (χ0v) is 17.5. The second kappa shape index (κ2) is 12.0. The van der Waals surface area contributed by atoms with Crippen molar-refractivity contribution in [3.63, 3.8) is 0 Å². The maximum atomic E-state index is 12.3. The Hall–Kier alpha value is -1.59. The molecule has 1 aliphatic heterocycles. The monoisotopic (exact) mass is 395 g/mol. The number of piperidine rings is 1. The van der Waals surface area contributed by atoms with Gasteiger partial charge < -0.3 is 16.0 Å². The van der Waals surface area contributed by atoms with Gasteiger partial charge in [-0.25, -0.2) is 0 Å². The largest absolute Gasteiger partial charge is 0.352 e. The Labute approximate surface area is 169 Å². The lowest BCUT2D eigenvalue weighted by Crippen LogP contribution is -2.35. The van der Waals surface area contributed by atoms with Gasteiger partial charge in [-0.3, -0.25) is 9.59 Å². The summed E-state index contributed by atoms with van der Waals surface area (Å²) in [5.74, 6) is 1.44. The number of carbonyl (C=O) groups is 2. The summed E-state index contributed by atoms with van der Waals surface area (Å²) in [6.07, 6.45) is 3.48. The number of benzene rings is 1. The van der Waals surface area contributed by atoms with Gasteiger partial charge in [0.15, 0.2) is 0 Å². The Balaban J connectivity index is 0.00000364. The van der Waals surface area contributed by atoms with E-state index in [0.717, 1.165) is 24.3 Å². The van der Waals surface area contributed by atoms with E-state index >= 15 is 0 Å². The highest BCUT2D eigenvalue weighted by molar-refractivity contribution is 5.90. The van der Waals surface area contributed by atoms with E-state index in [1.54, 1.807) is 0 Å². The first-order valence-electron chi connectivity index (χ1n) is 9.80. The van der Waals surface area contributed by atoms with Crippen LogP contribution in [0.5, 0.6) is 0 Å². The standard InChI is InChI=1S/C21H33N3O2.ClH/c1-15(2)10-21(26)24-19-8-4-6-17(12-19)13-23-20(25)11-16(3)18-7-5-9-22-14-18;/h4,6,8,12,15-16,18,22H,5,7,9-11,13-14H2,1-3H3,(H,23,25)(H,24,26);1H. The summed E-state index contributed by atoms with van der Waals surface area (Å²) in [4.78, 5) is 24.1. The fraction of sp³-hybridized carbons (Fsp3) is 0.619. The zero-order valence-electron chi connectivity index (χ0n) is 16.7. The molecule has 1 heterocycles. The molecule has 152 valence electrons. The normalized spacial score (nSPS) is 17.7. The number of rotatable bonds is 8. The van der Waals surface area contributed by atoms with Crippen molar-refractivity contribution in [2.45, 2.75) is 53.0 Å². The van der Waals surface area contributed by atoms with Gasteiger partial charge >= 0.3 is 0 Å². The molecule has 2 atom stereocenters. The minimum absolute atomic E-state index is 0. The van der Waals surface area contributed by atoms with Crippen LogP contribution in [0.25, 0.3) is 0 Å². The Kier molecular flexibility index (Phi) is 10.4. The minimum Gasteiger partial charge on any atom is -0.352 e. The molecule has 1 fully saturated rings. The van der Waals surface area contributed by atoms with E-state index in [2.05, 4.69) is 22.9 Å². The van der Waals surface area contributed by atoms with Crippen molar-refractivity contribution in [2.24, 2.45) is 17.8 Å². The first-order valence-corrected chi connectivity index (χ1v) is 9.80. The number of amides is 2. The molecule has 0 radical (unpaired) electrons. The van der Waals surface area contributed by atoms with E-state index in [1.165, 1.54) is 12.8 Å². The number of hydrogen-bond donors (Lipinski definition) is 3. The third-order valence-corrected chi connectivity index (χ3v) is 4.94.